The maximum atomic E-state index is 10.8. The Hall–Kier alpha value is -0.840. The molecule has 0 saturated carbocycles. The second-order valence-corrected chi connectivity index (χ2v) is 0.460. The largest absolute Gasteiger partial charge is 0.200 e. The Kier molecular flexibility index (Phi) is 1.23. The van der Waals surface area contributed by atoms with E-state index in [1.807, 2.05) is 0 Å². The summed E-state index contributed by atoms with van der Waals surface area (Å²) in [5.41, 5.74) is 0. The van der Waals surface area contributed by atoms with E-state index < -0.39 is 5.83 Å². The van der Waals surface area contributed by atoms with Crippen LogP contribution in [-0.4, -0.2) is 0 Å². The fraction of sp³-hybridized carbons (Fsp3) is 0. The molecule has 0 aliphatic heterocycles. The molecular weight excluding hydrogens is 69.0 g/mol. The molecule has 0 bridgehead atoms. The zero-order valence-electron chi connectivity index (χ0n) is 2.40. The van der Waals surface area contributed by atoms with Gasteiger partial charge in [0, 0.05) is 0 Å². The van der Waals surface area contributed by atoms with Crippen LogP contribution in [0.25, 0.3) is 0 Å². The van der Waals surface area contributed by atoms with E-state index in [0.29, 0.717) is 0 Å². The molecular formula is C3HFN. The van der Waals surface area contributed by atoms with E-state index >= 15 is 0 Å². The van der Waals surface area contributed by atoms with E-state index in [1.165, 1.54) is 0 Å². The summed E-state index contributed by atoms with van der Waals surface area (Å²) in [6.07, 6.45) is 0. The first-order valence-electron chi connectivity index (χ1n) is 0.951. The molecule has 0 aliphatic carbocycles. The predicted octanol–water partition coefficient (Wildman–Crippen LogP) is 0.796. The number of halogens is 1. The van der Waals surface area contributed by atoms with Gasteiger partial charge in [-0.25, -0.2) is 0 Å². The summed E-state index contributed by atoms with van der Waals surface area (Å²) in [6.45, 7) is 4.18. The Morgan fingerprint density at radius 2 is 2.20 bits per heavy atom. The quantitative estimate of drug-likeness (QED) is 0.386. The van der Waals surface area contributed by atoms with Crippen molar-refractivity contribution in [1.29, 1.82) is 5.26 Å². The fourth-order valence-corrected chi connectivity index (χ4v) is 0. The summed E-state index contributed by atoms with van der Waals surface area (Å²) >= 11 is 0. The van der Waals surface area contributed by atoms with Gasteiger partial charge in [0.1, 0.15) is 6.07 Å². The lowest BCUT2D eigenvalue weighted by Crippen LogP contribution is -1.48. The number of rotatable bonds is 0. The van der Waals surface area contributed by atoms with Gasteiger partial charge in [-0.3, -0.25) is 0 Å². The lowest BCUT2D eigenvalue weighted by atomic mass is 10.7. The highest BCUT2D eigenvalue weighted by molar-refractivity contribution is 5.02. The van der Waals surface area contributed by atoms with Crippen molar-refractivity contribution in [3.8, 4) is 6.07 Å². The topological polar surface area (TPSA) is 23.8 Å². The third-order valence-electron chi connectivity index (χ3n) is 0.107. The molecule has 1 nitrogen and oxygen atoms in total. The molecule has 1 radical (unpaired) electrons. The zero-order valence-corrected chi connectivity index (χ0v) is 2.40. The van der Waals surface area contributed by atoms with Crippen LogP contribution < -0.4 is 0 Å². The van der Waals surface area contributed by atoms with Crippen molar-refractivity contribution >= 4 is 0 Å². The highest BCUT2D eigenvalue weighted by Gasteiger charge is 1.72. The molecule has 0 rings (SSSR count). The van der Waals surface area contributed by atoms with Crippen molar-refractivity contribution in [1.82, 2.24) is 0 Å². The molecule has 0 spiro atoms. The molecule has 0 aromatic carbocycles. The zero-order chi connectivity index (χ0) is 4.28. The maximum Gasteiger partial charge on any atom is 0.200 e. The van der Waals surface area contributed by atoms with Gasteiger partial charge in [0.25, 0.3) is 0 Å². The predicted molar refractivity (Wildman–Crippen MR) is 14.5 cm³/mol. The van der Waals surface area contributed by atoms with Crippen molar-refractivity contribution in [2.45, 2.75) is 0 Å². The molecule has 0 saturated heterocycles. The summed E-state index contributed by atoms with van der Waals surface area (Å²) in [7, 11) is 0. The lowest BCUT2D eigenvalue weighted by Gasteiger charge is -1.55. The van der Waals surface area contributed by atoms with Gasteiger partial charge in [-0.1, -0.05) is 0 Å². The molecule has 0 N–H and O–H groups in total. The second-order valence-electron chi connectivity index (χ2n) is 0.460. The van der Waals surface area contributed by atoms with Crippen molar-refractivity contribution in [2.75, 3.05) is 0 Å². The Morgan fingerprint density at radius 1 is 2.00 bits per heavy atom. The minimum atomic E-state index is -1.19. The van der Waals surface area contributed by atoms with E-state index in [0.717, 1.165) is 6.07 Å². The Balaban J connectivity index is 3.35. The van der Waals surface area contributed by atoms with Crippen molar-refractivity contribution in [3.63, 3.8) is 0 Å². The van der Waals surface area contributed by atoms with Gasteiger partial charge in [-0.2, -0.15) is 9.65 Å². The molecule has 25 valence electrons. The molecule has 0 aromatic rings. The Morgan fingerprint density at radius 3 is 2.20 bits per heavy atom. The van der Waals surface area contributed by atoms with E-state index in [1.54, 1.807) is 0 Å². The molecule has 0 aromatic heterocycles. The van der Waals surface area contributed by atoms with Gasteiger partial charge in [0.05, 0.1) is 0 Å². The monoisotopic (exact) mass is 70.0 g/mol. The number of nitrogens with zero attached hydrogens (tertiary/aromatic N) is 1. The van der Waals surface area contributed by atoms with Gasteiger partial charge >= 0.3 is 0 Å². The lowest BCUT2D eigenvalue weighted by molar-refractivity contribution is 0.674. The van der Waals surface area contributed by atoms with Crippen LogP contribution in [0.3, 0.4) is 0 Å². The third-order valence-corrected chi connectivity index (χ3v) is 0.107. The van der Waals surface area contributed by atoms with E-state index in [4.69, 9.17) is 5.26 Å². The smallest absolute Gasteiger partial charge is 0.195 e. The average molecular weight is 70.0 g/mol. The molecule has 0 aliphatic rings. The SMILES string of the molecule is [CH]=C(F)C#N. The van der Waals surface area contributed by atoms with Crippen LogP contribution >= 0.6 is 0 Å². The van der Waals surface area contributed by atoms with Crippen LogP contribution in [0.4, 0.5) is 4.39 Å². The van der Waals surface area contributed by atoms with Crippen LogP contribution in [0.5, 0.6) is 0 Å². The number of hydrogen-bond donors (Lipinski definition) is 0. The highest BCUT2D eigenvalue weighted by Crippen LogP contribution is 1.80. The summed E-state index contributed by atoms with van der Waals surface area (Å²) in [5.74, 6) is -1.19. The Labute approximate surface area is 29.3 Å². The molecule has 0 heterocycles. The number of nitriles is 1. The summed E-state index contributed by atoms with van der Waals surface area (Å²) < 4.78 is 10.8. The first-order valence-corrected chi connectivity index (χ1v) is 0.951. The van der Waals surface area contributed by atoms with Crippen molar-refractivity contribution < 1.29 is 4.39 Å². The van der Waals surface area contributed by atoms with Gasteiger partial charge in [0.15, 0.2) is 5.83 Å². The Bertz CT molecular complexity index is 79.4. The standard InChI is InChI=1S/C3HFN/c1-3(4)2-5/h1H. The molecule has 5 heavy (non-hydrogen) atoms. The first-order chi connectivity index (χ1) is 2.27. The van der Waals surface area contributed by atoms with Gasteiger partial charge < -0.3 is 0 Å². The summed E-state index contributed by atoms with van der Waals surface area (Å²) in [5, 5.41) is 7.36. The normalized spacial score (nSPS) is 5.60. The minimum absolute atomic E-state index is 1.06. The van der Waals surface area contributed by atoms with Gasteiger partial charge in [-0.15, -0.1) is 0 Å². The highest BCUT2D eigenvalue weighted by atomic mass is 19.1. The number of hydrogen-bond acceptors (Lipinski definition) is 1. The van der Waals surface area contributed by atoms with Gasteiger partial charge in [-0.05, 0) is 6.58 Å². The van der Waals surface area contributed by atoms with Crippen LogP contribution in [-0.2, 0) is 0 Å². The minimum Gasteiger partial charge on any atom is -0.195 e. The average Bonchev–Trinajstić information content (AvgIpc) is 1.38. The van der Waals surface area contributed by atoms with Crippen LogP contribution in [0.1, 0.15) is 0 Å². The van der Waals surface area contributed by atoms with Crippen LogP contribution in [0.15, 0.2) is 5.83 Å². The van der Waals surface area contributed by atoms with Crippen LogP contribution in [0.2, 0.25) is 0 Å². The molecule has 0 unspecified atom stereocenters. The molecule has 2 heteroatoms. The van der Waals surface area contributed by atoms with E-state index in [-0.39, 0.29) is 0 Å². The van der Waals surface area contributed by atoms with Crippen LogP contribution in [0, 0.1) is 17.9 Å². The summed E-state index contributed by atoms with van der Waals surface area (Å²) in [6, 6.07) is 1.06. The third kappa shape index (κ3) is 3.16. The molecule has 0 amide bonds. The van der Waals surface area contributed by atoms with Gasteiger partial charge in [0.2, 0.25) is 0 Å². The summed E-state index contributed by atoms with van der Waals surface area (Å²) in [4.78, 5) is 0. The first kappa shape index (κ1) is 4.16. The van der Waals surface area contributed by atoms with Crippen molar-refractivity contribution in [3.05, 3.63) is 12.4 Å². The fourth-order valence-electron chi connectivity index (χ4n) is 0. The molecule has 0 atom stereocenters. The molecule has 0 fully saturated rings. The van der Waals surface area contributed by atoms with E-state index in [2.05, 4.69) is 6.58 Å². The number of allylic oxidation sites excluding steroid dienone is 1. The van der Waals surface area contributed by atoms with E-state index in [9.17, 15) is 4.39 Å². The maximum absolute atomic E-state index is 10.8. The second kappa shape index (κ2) is 1.48. The van der Waals surface area contributed by atoms with Crippen molar-refractivity contribution in [2.24, 2.45) is 0 Å².